The zero-order valence-corrected chi connectivity index (χ0v) is 13.2. The summed E-state index contributed by atoms with van der Waals surface area (Å²) in [6, 6.07) is 0.180. The predicted octanol–water partition coefficient (Wildman–Crippen LogP) is 2.29. The summed E-state index contributed by atoms with van der Waals surface area (Å²) >= 11 is 0. The molecule has 0 bridgehead atoms. The summed E-state index contributed by atoms with van der Waals surface area (Å²) in [6.45, 7) is 6.33. The number of rotatable bonds is 7. The van der Waals surface area contributed by atoms with E-state index in [2.05, 4.69) is 20.8 Å². The third-order valence-corrected chi connectivity index (χ3v) is 5.12. The van der Waals surface area contributed by atoms with Crippen molar-refractivity contribution in [2.24, 2.45) is 5.41 Å². The third-order valence-electron chi connectivity index (χ3n) is 5.12. The molecule has 0 heterocycles. The van der Waals surface area contributed by atoms with Crippen LogP contribution in [0, 0.1) is 5.41 Å². The minimum Gasteiger partial charge on any atom is -0.481 e. The fraction of sp³-hybridized carbons (Fsp3) is 0.867. The van der Waals surface area contributed by atoms with E-state index in [1.807, 2.05) is 11.9 Å². The molecule has 2 atom stereocenters. The van der Waals surface area contributed by atoms with Crippen molar-refractivity contribution < 1.29 is 19.4 Å². The molecule has 1 aliphatic rings. The number of carbonyl (C=O) groups excluding carboxylic acids is 1. The van der Waals surface area contributed by atoms with Gasteiger partial charge in [-0.1, -0.05) is 13.8 Å². The van der Waals surface area contributed by atoms with Crippen LogP contribution in [0.5, 0.6) is 0 Å². The van der Waals surface area contributed by atoms with Crippen molar-refractivity contribution >= 4 is 11.9 Å². The molecule has 0 aliphatic heterocycles. The van der Waals surface area contributed by atoms with Crippen molar-refractivity contribution in [2.45, 2.75) is 64.5 Å². The largest absolute Gasteiger partial charge is 0.481 e. The monoisotopic (exact) mass is 285 g/mol. The second-order valence-electron chi connectivity index (χ2n) is 6.48. The maximum atomic E-state index is 12.1. The third kappa shape index (κ3) is 3.14. The van der Waals surface area contributed by atoms with Gasteiger partial charge in [-0.05, 0) is 26.2 Å². The van der Waals surface area contributed by atoms with Crippen LogP contribution >= 0.6 is 0 Å². The van der Waals surface area contributed by atoms with E-state index in [0.29, 0.717) is 19.3 Å². The van der Waals surface area contributed by atoms with E-state index in [9.17, 15) is 9.59 Å². The molecule has 20 heavy (non-hydrogen) atoms. The Bertz CT molecular complexity index is 380. The quantitative estimate of drug-likeness (QED) is 0.729. The van der Waals surface area contributed by atoms with Crippen LogP contribution < -0.4 is 0 Å². The molecular weight excluding hydrogens is 258 g/mol. The van der Waals surface area contributed by atoms with Crippen LogP contribution in [0.4, 0.5) is 0 Å². The van der Waals surface area contributed by atoms with Gasteiger partial charge in [-0.2, -0.15) is 0 Å². The molecule has 0 aromatic carbocycles. The van der Waals surface area contributed by atoms with Crippen LogP contribution in [0.2, 0.25) is 0 Å². The molecule has 116 valence electrons. The molecule has 0 radical (unpaired) electrons. The molecule has 1 aliphatic carbocycles. The summed E-state index contributed by atoms with van der Waals surface area (Å²) in [5.74, 6) is -0.714. The summed E-state index contributed by atoms with van der Waals surface area (Å²) in [5, 5.41) is 8.57. The van der Waals surface area contributed by atoms with Gasteiger partial charge in [-0.3, -0.25) is 9.59 Å². The lowest BCUT2D eigenvalue weighted by molar-refractivity contribution is -0.207. The van der Waals surface area contributed by atoms with Gasteiger partial charge in [0.1, 0.15) is 0 Å². The number of carboxylic acids is 1. The second kappa shape index (κ2) is 6.12. The highest BCUT2D eigenvalue weighted by molar-refractivity contribution is 5.76. The highest BCUT2D eigenvalue weighted by atomic mass is 16.5. The lowest BCUT2D eigenvalue weighted by Gasteiger charge is -2.61. The lowest BCUT2D eigenvalue weighted by Crippen LogP contribution is -2.68. The molecule has 0 aromatic rings. The number of hydrogen-bond donors (Lipinski definition) is 1. The summed E-state index contributed by atoms with van der Waals surface area (Å²) in [5.41, 5.74) is -0.261. The van der Waals surface area contributed by atoms with E-state index < -0.39 is 5.97 Å². The first kappa shape index (κ1) is 17.0. The van der Waals surface area contributed by atoms with Crippen LogP contribution in [-0.2, 0) is 14.3 Å². The van der Waals surface area contributed by atoms with Gasteiger partial charge >= 0.3 is 5.97 Å². The molecule has 2 unspecified atom stereocenters. The first-order chi connectivity index (χ1) is 9.15. The molecule has 5 heteroatoms. The van der Waals surface area contributed by atoms with E-state index in [-0.39, 0.29) is 29.4 Å². The van der Waals surface area contributed by atoms with Gasteiger partial charge < -0.3 is 14.7 Å². The molecule has 0 spiro atoms. The summed E-state index contributed by atoms with van der Waals surface area (Å²) in [7, 11) is 3.55. The highest BCUT2D eigenvalue weighted by Gasteiger charge is 2.59. The Labute approximate surface area is 121 Å². The van der Waals surface area contributed by atoms with Gasteiger partial charge in [0.2, 0.25) is 5.91 Å². The van der Waals surface area contributed by atoms with Crippen LogP contribution in [0.3, 0.4) is 0 Å². The maximum Gasteiger partial charge on any atom is 0.303 e. The Hall–Kier alpha value is -1.10. The minimum atomic E-state index is -0.804. The van der Waals surface area contributed by atoms with E-state index in [1.165, 1.54) is 0 Å². The normalized spacial score (nSPS) is 27.8. The van der Waals surface area contributed by atoms with Gasteiger partial charge in [0, 0.05) is 38.5 Å². The van der Waals surface area contributed by atoms with Gasteiger partial charge in [0.25, 0.3) is 0 Å². The topological polar surface area (TPSA) is 66.8 Å². The molecular formula is C15H27NO4. The van der Waals surface area contributed by atoms with Crippen LogP contribution in [-0.4, -0.2) is 47.7 Å². The molecule has 1 amide bonds. The number of nitrogens with zero attached hydrogens (tertiary/aromatic N) is 1. The average Bonchev–Trinajstić information content (AvgIpc) is 2.39. The Balaban J connectivity index is 2.45. The van der Waals surface area contributed by atoms with Crippen LogP contribution in [0.1, 0.15) is 52.9 Å². The molecule has 1 N–H and O–H groups in total. The fourth-order valence-electron chi connectivity index (χ4n) is 2.98. The lowest BCUT2D eigenvalue weighted by atomic mass is 9.55. The van der Waals surface area contributed by atoms with Crippen LogP contribution in [0.25, 0.3) is 0 Å². The van der Waals surface area contributed by atoms with Gasteiger partial charge in [0.05, 0.1) is 5.60 Å². The van der Waals surface area contributed by atoms with Crippen molar-refractivity contribution in [2.75, 3.05) is 14.2 Å². The van der Waals surface area contributed by atoms with E-state index >= 15 is 0 Å². The van der Waals surface area contributed by atoms with Crippen LogP contribution in [0.15, 0.2) is 0 Å². The summed E-state index contributed by atoms with van der Waals surface area (Å²) in [6.07, 6.45) is 2.57. The maximum absolute atomic E-state index is 12.1. The number of unbranched alkanes of at least 4 members (excludes halogenated alkanes) is 1. The standard InChI is InChI=1S/C15H27NO4/c1-14(2)11(10-15(14,3)20-5)16(4)12(17)8-6-7-9-13(18)19/h11H,6-10H2,1-5H3,(H,18,19). The zero-order valence-electron chi connectivity index (χ0n) is 13.2. The van der Waals surface area contributed by atoms with Gasteiger partial charge in [-0.15, -0.1) is 0 Å². The SMILES string of the molecule is COC1(C)CC(N(C)C(=O)CCCCC(=O)O)C1(C)C. The van der Waals surface area contributed by atoms with Crippen molar-refractivity contribution in [1.29, 1.82) is 0 Å². The zero-order chi connectivity index (χ0) is 15.6. The Morgan fingerprint density at radius 3 is 2.25 bits per heavy atom. The highest BCUT2D eigenvalue weighted by Crippen LogP contribution is 2.53. The van der Waals surface area contributed by atoms with Crippen molar-refractivity contribution in [3.63, 3.8) is 0 Å². The molecule has 0 saturated heterocycles. The fourth-order valence-corrected chi connectivity index (χ4v) is 2.98. The first-order valence-corrected chi connectivity index (χ1v) is 7.18. The van der Waals surface area contributed by atoms with Crippen molar-refractivity contribution in [3.8, 4) is 0 Å². The number of methoxy groups -OCH3 is 1. The number of carboxylic acid groups (broad SMARTS) is 1. The number of carbonyl (C=O) groups is 2. The molecule has 1 saturated carbocycles. The number of hydrogen-bond acceptors (Lipinski definition) is 3. The van der Waals surface area contributed by atoms with Gasteiger partial charge in [-0.25, -0.2) is 0 Å². The van der Waals surface area contributed by atoms with Crippen molar-refractivity contribution in [1.82, 2.24) is 4.90 Å². The summed E-state index contributed by atoms with van der Waals surface area (Å²) < 4.78 is 5.57. The first-order valence-electron chi connectivity index (χ1n) is 7.18. The second-order valence-corrected chi connectivity index (χ2v) is 6.48. The molecule has 1 rings (SSSR count). The smallest absolute Gasteiger partial charge is 0.303 e. The number of aliphatic carboxylic acids is 1. The minimum absolute atomic E-state index is 0.0762. The summed E-state index contributed by atoms with van der Waals surface area (Å²) in [4.78, 5) is 24.4. The number of amides is 1. The Morgan fingerprint density at radius 2 is 1.80 bits per heavy atom. The van der Waals surface area contributed by atoms with Gasteiger partial charge in [0.15, 0.2) is 0 Å². The van der Waals surface area contributed by atoms with E-state index in [4.69, 9.17) is 9.84 Å². The molecule has 1 fully saturated rings. The molecule has 0 aromatic heterocycles. The number of ether oxygens (including phenoxy) is 1. The average molecular weight is 285 g/mol. The Morgan fingerprint density at radius 1 is 1.25 bits per heavy atom. The Kier molecular flexibility index (Phi) is 5.19. The molecule has 5 nitrogen and oxygen atoms in total. The van der Waals surface area contributed by atoms with Crippen molar-refractivity contribution in [3.05, 3.63) is 0 Å². The van der Waals surface area contributed by atoms with E-state index in [1.54, 1.807) is 7.11 Å². The predicted molar refractivity (Wildman–Crippen MR) is 76.5 cm³/mol. The van der Waals surface area contributed by atoms with E-state index in [0.717, 1.165) is 6.42 Å².